The molecule has 1 saturated carbocycles. The van der Waals surface area contributed by atoms with Gasteiger partial charge in [-0.05, 0) is 55.9 Å². The Bertz CT molecular complexity index is 754. The summed E-state index contributed by atoms with van der Waals surface area (Å²) < 4.78 is 23.4. The number of amides is 2. The second-order valence-electron chi connectivity index (χ2n) is 7.50. The molecule has 3 rings (SSSR count). The molecule has 1 aromatic rings. The standard InChI is InChI=1S/C21H27FN2O5/c1-3-28-21(27)17-11-16-13(2)20(16)24(17)19(26)12-23-18(25)5-4-10-29-15-8-6-14(22)7-9-15/h6-9,13,16-17,20H,3-5,10-12H2,1-2H3,(H,23,25). The van der Waals surface area contributed by atoms with E-state index in [-0.39, 0.29) is 49.2 Å². The van der Waals surface area contributed by atoms with E-state index >= 15 is 0 Å². The second-order valence-corrected chi connectivity index (χ2v) is 7.50. The molecule has 158 valence electrons. The minimum absolute atomic E-state index is 0.0675. The summed E-state index contributed by atoms with van der Waals surface area (Å²) in [4.78, 5) is 38.4. The molecule has 1 aromatic carbocycles. The Morgan fingerprint density at radius 3 is 2.66 bits per heavy atom. The van der Waals surface area contributed by atoms with Crippen LogP contribution in [0.15, 0.2) is 24.3 Å². The van der Waals surface area contributed by atoms with E-state index in [1.54, 1.807) is 11.8 Å². The molecule has 1 saturated heterocycles. The first-order valence-electron chi connectivity index (χ1n) is 10.0. The van der Waals surface area contributed by atoms with Crippen LogP contribution in [0.2, 0.25) is 0 Å². The number of piperidine rings is 1. The zero-order valence-electron chi connectivity index (χ0n) is 16.7. The van der Waals surface area contributed by atoms with Gasteiger partial charge in [-0.25, -0.2) is 9.18 Å². The molecule has 1 aliphatic carbocycles. The van der Waals surface area contributed by atoms with Crippen molar-refractivity contribution in [2.24, 2.45) is 11.8 Å². The topological polar surface area (TPSA) is 84.9 Å². The average Bonchev–Trinajstić information content (AvgIpc) is 3.14. The van der Waals surface area contributed by atoms with Gasteiger partial charge in [-0.15, -0.1) is 0 Å². The average molecular weight is 406 g/mol. The van der Waals surface area contributed by atoms with E-state index in [1.807, 2.05) is 0 Å². The van der Waals surface area contributed by atoms with Crippen molar-refractivity contribution in [3.8, 4) is 5.75 Å². The molecule has 2 amide bonds. The molecule has 1 N–H and O–H groups in total. The summed E-state index contributed by atoms with van der Waals surface area (Å²) in [7, 11) is 0. The number of halogens is 1. The molecule has 8 heteroatoms. The van der Waals surface area contributed by atoms with E-state index < -0.39 is 6.04 Å². The first kappa shape index (κ1) is 21.1. The molecule has 7 nitrogen and oxygen atoms in total. The first-order chi connectivity index (χ1) is 13.9. The number of hydrogen-bond acceptors (Lipinski definition) is 5. The summed E-state index contributed by atoms with van der Waals surface area (Å²) in [6.45, 7) is 4.26. The van der Waals surface area contributed by atoms with E-state index in [2.05, 4.69) is 12.2 Å². The highest BCUT2D eigenvalue weighted by Gasteiger charge is 2.61. The zero-order valence-corrected chi connectivity index (χ0v) is 16.7. The number of nitrogens with one attached hydrogen (secondary N) is 1. The van der Waals surface area contributed by atoms with Crippen LogP contribution in [-0.4, -0.2) is 54.5 Å². The molecule has 0 radical (unpaired) electrons. The number of likely N-dealkylation sites (tertiary alicyclic amines) is 1. The van der Waals surface area contributed by atoms with Crippen LogP contribution >= 0.6 is 0 Å². The summed E-state index contributed by atoms with van der Waals surface area (Å²) in [6, 6.07) is 5.18. The van der Waals surface area contributed by atoms with Crippen molar-refractivity contribution >= 4 is 17.8 Å². The van der Waals surface area contributed by atoms with E-state index in [4.69, 9.17) is 9.47 Å². The van der Waals surface area contributed by atoms with Gasteiger partial charge in [0.05, 0.1) is 19.8 Å². The van der Waals surface area contributed by atoms with Crippen LogP contribution in [-0.2, 0) is 19.1 Å². The van der Waals surface area contributed by atoms with E-state index in [1.165, 1.54) is 24.3 Å². The highest BCUT2D eigenvalue weighted by Crippen LogP contribution is 2.53. The van der Waals surface area contributed by atoms with Crippen molar-refractivity contribution in [3.63, 3.8) is 0 Å². The lowest BCUT2D eigenvalue weighted by Gasteiger charge is -2.27. The quantitative estimate of drug-likeness (QED) is 0.500. The fourth-order valence-corrected chi connectivity index (χ4v) is 4.01. The van der Waals surface area contributed by atoms with Gasteiger partial charge in [0, 0.05) is 12.5 Å². The van der Waals surface area contributed by atoms with Gasteiger partial charge in [0.2, 0.25) is 11.8 Å². The lowest BCUT2D eigenvalue weighted by atomic mass is 10.1. The Morgan fingerprint density at radius 1 is 1.24 bits per heavy atom. The molecule has 29 heavy (non-hydrogen) atoms. The third-order valence-corrected chi connectivity index (χ3v) is 5.58. The summed E-state index contributed by atoms with van der Waals surface area (Å²) in [6.07, 6.45) is 1.30. The normalized spacial score (nSPS) is 24.6. The van der Waals surface area contributed by atoms with Crippen LogP contribution in [0, 0.1) is 17.7 Å². The molecule has 1 heterocycles. The third kappa shape index (κ3) is 5.05. The number of fused-ring (bicyclic) bond motifs is 1. The molecule has 0 bridgehead atoms. The van der Waals surface area contributed by atoms with Crippen LogP contribution in [0.25, 0.3) is 0 Å². The van der Waals surface area contributed by atoms with Gasteiger partial charge < -0.3 is 19.7 Å². The van der Waals surface area contributed by atoms with Gasteiger partial charge in [-0.2, -0.15) is 0 Å². The molecule has 0 spiro atoms. The fourth-order valence-electron chi connectivity index (χ4n) is 4.01. The number of esters is 1. The van der Waals surface area contributed by atoms with E-state index in [0.29, 0.717) is 37.0 Å². The van der Waals surface area contributed by atoms with Crippen LogP contribution in [0.1, 0.15) is 33.1 Å². The highest BCUT2D eigenvalue weighted by molar-refractivity contribution is 5.89. The number of carbonyl (C=O) groups excluding carboxylic acids is 3. The van der Waals surface area contributed by atoms with Crippen LogP contribution in [0.4, 0.5) is 4.39 Å². The maximum atomic E-state index is 12.8. The summed E-state index contributed by atoms with van der Waals surface area (Å²) >= 11 is 0. The monoisotopic (exact) mass is 406 g/mol. The van der Waals surface area contributed by atoms with Crippen molar-refractivity contribution in [1.82, 2.24) is 10.2 Å². The van der Waals surface area contributed by atoms with Crippen molar-refractivity contribution in [2.45, 2.75) is 45.2 Å². The number of rotatable bonds is 9. The third-order valence-electron chi connectivity index (χ3n) is 5.58. The van der Waals surface area contributed by atoms with Crippen molar-refractivity contribution in [2.75, 3.05) is 19.8 Å². The van der Waals surface area contributed by atoms with Gasteiger partial charge in [0.25, 0.3) is 0 Å². The maximum Gasteiger partial charge on any atom is 0.328 e. The lowest BCUT2D eigenvalue weighted by Crippen LogP contribution is -2.48. The molecule has 1 aliphatic heterocycles. The number of ether oxygens (including phenoxy) is 2. The Labute approximate surface area is 169 Å². The van der Waals surface area contributed by atoms with Gasteiger partial charge in [-0.1, -0.05) is 6.92 Å². The first-order valence-corrected chi connectivity index (χ1v) is 10.0. The summed E-state index contributed by atoms with van der Waals surface area (Å²) in [5.41, 5.74) is 0. The van der Waals surface area contributed by atoms with Crippen LogP contribution < -0.4 is 10.1 Å². The number of carbonyl (C=O) groups is 3. The predicted molar refractivity (Wildman–Crippen MR) is 102 cm³/mol. The van der Waals surface area contributed by atoms with Gasteiger partial charge in [0.15, 0.2) is 0 Å². The number of nitrogens with zero attached hydrogens (tertiary/aromatic N) is 1. The maximum absolute atomic E-state index is 12.8. The van der Waals surface area contributed by atoms with E-state index in [9.17, 15) is 18.8 Å². The zero-order chi connectivity index (χ0) is 21.0. The Morgan fingerprint density at radius 2 is 1.97 bits per heavy atom. The molecule has 4 unspecified atom stereocenters. The molecule has 4 atom stereocenters. The van der Waals surface area contributed by atoms with Gasteiger partial charge in [0.1, 0.15) is 17.6 Å². The smallest absolute Gasteiger partial charge is 0.328 e. The molecule has 2 fully saturated rings. The molecule has 2 aliphatic rings. The molecular weight excluding hydrogens is 379 g/mol. The Balaban J connectivity index is 1.39. The highest BCUT2D eigenvalue weighted by atomic mass is 19.1. The van der Waals surface area contributed by atoms with Gasteiger partial charge in [-0.3, -0.25) is 9.59 Å². The molecular formula is C21H27FN2O5. The van der Waals surface area contributed by atoms with Crippen LogP contribution in [0.5, 0.6) is 5.75 Å². The second kappa shape index (κ2) is 9.24. The SMILES string of the molecule is CCOC(=O)C1CC2C(C)C2N1C(=O)CNC(=O)CCCOc1ccc(F)cc1. The van der Waals surface area contributed by atoms with Crippen molar-refractivity contribution in [3.05, 3.63) is 30.1 Å². The summed E-state index contributed by atoms with van der Waals surface area (Å²) in [5, 5.41) is 2.62. The lowest BCUT2D eigenvalue weighted by molar-refractivity contribution is -0.154. The van der Waals surface area contributed by atoms with Gasteiger partial charge >= 0.3 is 5.97 Å². The summed E-state index contributed by atoms with van der Waals surface area (Å²) in [5.74, 6) is 0.0379. The van der Waals surface area contributed by atoms with Crippen LogP contribution in [0.3, 0.4) is 0 Å². The minimum atomic E-state index is -0.547. The largest absolute Gasteiger partial charge is 0.494 e. The number of hydrogen-bond donors (Lipinski definition) is 1. The van der Waals surface area contributed by atoms with E-state index in [0.717, 1.165) is 0 Å². The van der Waals surface area contributed by atoms with Crippen molar-refractivity contribution < 1.29 is 28.2 Å². The Kier molecular flexibility index (Phi) is 6.71. The number of benzene rings is 1. The van der Waals surface area contributed by atoms with Crippen molar-refractivity contribution in [1.29, 1.82) is 0 Å². The molecule has 0 aromatic heterocycles. The predicted octanol–water partition coefficient (Wildman–Crippen LogP) is 1.90. The fraction of sp³-hybridized carbons (Fsp3) is 0.571. The minimum Gasteiger partial charge on any atom is -0.494 e. The Hall–Kier alpha value is -2.64.